The normalized spacial score (nSPS) is 20.1. The number of ether oxygens (including phenoxy) is 2. The molecule has 1 saturated heterocycles. The number of alkyl halides is 3. The molecule has 2 amide bonds. The van der Waals surface area contributed by atoms with Gasteiger partial charge in [-0.1, -0.05) is 29.8 Å². The Morgan fingerprint density at radius 2 is 1.64 bits per heavy atom. The molecule has 1 N–H and O–H groups in total. The van der Waals surface area contributed by atoms with Crippen LogP contribution in [0.25, 0.3) is 0 Å². The summed E-state index contributed by atoms with van der Waals surface area (Å²) in [5.41, 5.74) is 2.51. The Labute approximate surface area is 274 Å². The highest BCUT2D eigenvalue weighted by molar-refractivity contribution is 6.30. The Balaban J connectivity index is 1.48. The van der Waals surface area contributed by atoms with E-state index in [0.29, 0.717) is 51.0 Å². The van der Waals surface area contributed by atoms with Crippen LogP contribution in [0.5, 0.6) is 0 Å². The number of rotatable bonds is 7. The van der Waals surface area contributed by atoms with Crippen molar-refractivity contribution < 1.29 is 46.7 Å². The SMILES string of the molecule is CCOC(=O)c1ccc2c(c1)N(Cc1ccc(C3(OC(=O)C(F)(F)F)N(C)CC[NH+]3C)cc1)C(=O)CN(C(=O)c1ccc(Cl)cc1)C2. The van der Waals surface area contributed by atoms with E-state index in [1.54, 1.807) is 92.6 Å². The van der Waals surface area contributed by atoms with Crippen molar-refractivity contribution in [2.24, 2.45) is 0 Å². The second kappa shape index (κ2) is 13.3. The van der Waals surface area contributed by atoms with Gasteiger partial charge < -0.3 is 19.3 Å². The molecule has 0 aliphatic carbocycles. The number of likely N-dealkylation sites (N-methyl/N-ethyl adjacent to an activating group) is 2. The quantitative estimate of drug-likeness (QED) is 0.384. The number of benzene rings is 3. The van der Waals surface area contributed by atoms with Crippen LogP contribution in [0, 0.1) is 0 Å². The van der Waals surface area contributed by atoms with E-state index < -0.39 is 29.9 Å². The van der Waals surface area contributed by atoms with Crippen LogP contribution in [-0.4, -0.2) is 80.1 Å². The fourth-order valence-corrected chi connectivity index (χ4v) is 6.04. The molecule has 3 aromatic carbocycles. The molecule has 0 aromatic heterocycles. The van der Waals surface area contributed by atoms with Gasteiger partial charge in [0.25, 0.3) is 5.91 Å². The standard InChI is InChI=1S/C33H32ClF3N4O6/c1-4-46-30(44)23-7-8-24-19-40(29(43)22-9-13-26(34)14-10-22)20-28(42)41(27(24)17-23)18-21-5-11-25(12-6-21)33(38(2)15-16-39(33)3)47-31(45)32(35,36)37/h5-14,17H,4,15-16,18-20H2,1-3H3/p+1. The first kappa shape index (κ1) is 33.9. The lowest BCUT2D eigenvalue weighted by Gasteiger charge is -2.36. The summed E-state index contributed by atoms with van der Waals surface area (Å²) in [7, 11) is 3.23. The van der Waals surface area contributed by atoms with Gasteiger partial charge in [-0.15, -0.1) is 0 Å². The maximum absolute atomic E-state index is 13.8. The van der Waals surface area contributed by atoms with Crippen LogP contribution in [-0.2, 0) is 38.0 Å². The molecule has 0 bridgehead atoms. The van der Waals surface area contributed by atoms with E-state index in [1.807, 2.05) is 0 Å². The van der Waals surface area contributed by atoms with Crippen molar-refractivity contribution in [2.45, 2.75) is 32.0 Å². The van der Waals surface area contributed by atoms with Crippen molar-refractivity contribution in [3.05, 3.63) is 99.6 Å². The van der Waals surface area contributed by atoms with E-state index in [4.69, 9.17) is 21.1 Å². The first-order chi connectivity index (χ1) is 22.2. The van der Waals surface area contributed by atoms with E-state index in [9.17, 15) is 32.3 Å². The number of carbonyl (C=O) groups is 4. The highest BCUT2D eigenvalue weighted by atomic mass is 35.5. The number of quaternary nitrogens is 1. The summed E-state index contributed by atoms with van der Waals surface area (Å²) in [6.45, 7) is 2.46. The van der Waals surface area contributed by atoms with E-state index in [1.165, 1.54) is 9.80 Å². The van der Waals surface area contributed by atoms with Crippen molar-refractivity contribution in [3.63, 3.8) is 0 Å². The minimum Gasteiger partial charge on any atom is -0.462 e. The Bertz CT molecular complexity index is 1670. The Morgan fingerprint density at radius 3 is 2.23 bits per heavy atom. The molecule has 0 radical (unpaired) electrons. The second-order valence-corrected chi connectivity index (χ2v) is 11.8. The largest absolute Gasteiger partial charge is 0.491 e. The summed E-state index contributed by atoms with van der Waals surface area (Å²) < 4.78 is 50.1. The van der Waals surface area contributed by atoms with Crippen LogP contribution in [0.15, 0.2) is 66.7 Å². The number of nitrogens with zero attached hydrogens (tertiary/aromatic N) is 3. The third-order valence-corrected chi connectivity index (χ3v) is 8.60. The van der Waals surface area contributed by atoms with Crippen molar-refractivity contribution in [2.75, 3.05) is 45.2 Å². The predicted molar refractivity (Wildman–Crippen MR) is 164 cm³/mol. The topological polar surface area (TPSA) is 101 Å². The summed E-state index contributed by atoms with van der Waals surface area (Å²) in [6, 6.07) is 17.5. The van der Waals surface area contributed by atoms with Crippen LogP contribution in [0.3, 0.4) is 0 Å². The van der Waals surface area contributed by atoms with Gasteiger partial charge in [0.15, 0.2) is 0 Å². The van der Waals surface area contributed by atoms with E-state index >= 15 is 0 Å². The number of amides is 2. The molecule has 0 spiro atoms. The number of hydrogen-bond donors (Lipinski definition) is 1. The molecule has 2 unspecified atom stereocenters. The van der Waals surface area contributed by atoms with Crippen LogP contribution in [0.1, 0.15) is 44.3 Å². The summed E-state index contributed by atoms with van der Waals surface area (Å²) in [6.07, 6.45) is -5.18. The smallest absolute Gasteiger partial charge is 0.462 e. The lowest BCUT2D eigenvalue weighted by atomic mass is 10.0. The van der Waals surface area contributed by atoms with E-state index in [-0.39, 0.29) is 37.7 Å². The van der Waals surface area contributed by atoms with E-state index in [2.05, 4.69) is 0 Å². The molecule has 2 aliphatic rings. The first-order valence-corrected chi connectivity index (χ1v) is 15.2. The number of esters is 2. The molecule has 1 fully saturated rings. The molecule has 2 aliphatic heterocycles. The van der Waals surface area contributed by atoms with E-state index in [0.717, 1.165) is 0 Å². The van der Waals surface area contributed by atoms with Crippen molar-refractivity contribution >= 4 is 41.0 Å². The molecule has 10 nitrogen and oxygen atoms in total. The Kier molecular flexibility index (Phi) is 9.62. The van der Waals surface area contributed by atoms with Gasteiger partial charge in [-0.25, -0.2) is 14.5 Å². The molecule has 2 atom stereocenters. The fourth-order valence-electron chi connectivity index (χ4n) is 5.92. The number of anilines is 1. The Morgan fingerprint density at radius 1 is 0.979 bits per heavy atom. The van der Waals surface area contributed by atoms with Gasteiger partial charge in [-0.05, 0) is 73.6 Å². The molecular weight excluding hydrogens is 641 g/mol. The van der Waals surface area contributed by atoms with Gasteiger partial charge >= 0.3 is 24.0 Å². The van der Waals surface area contributed by atoms with Gasteiger partial charge in [0, 0.05) is 22.8 Å². The van der Waals surface area contributed by atoms with Gasteiger partial charge in [0.2, 0.25) is 5.91 Å². The molecule has 0 saturated carbocycles. The van der Waals surface area contributed by atoms with Crippen LogP contribution in [0.2, 0.25) is 5.02 Å². The number of hydrogen-bond acceptors (Lipinski definition) is 7. The fraction of sp³-hybridized carbons (Fsp3) is 0.333. The summed E-state index contributed by atoms with van der Waals surface area (Å²) in [5, 5.41) is 0.458. The first-order valence-electron chi connectivity index (χ1n) is 14.8. The number of carbonyl (C=O) groups excluding carboxylic acids is 4. The lowest BCUT2D eigenvalue weighted by molar-refractivity contribution is -0.964. The van der Waals surface area contributed by atoms with Gasteiger partial charge in [-0.3, -0.25) is 14.5 Å². The van der Waals surface area contributed by atoms with Crippen LogP contribution < -0.4 is 9.80 Å². The average molecular weight is 674 g/mol. The summed E-state index contributed by atoms with van der Waals surface area (Å²) in [4.78, 5) is 56.9. The number of nitrogens with one attached hydrogen (secondary N) is 1. The molecule has 2 heterocycles. The second-order valence-electron chi connectivity index (χ2n) is 11.4. The Hall–Kier alpha value is -4.46. The highest BCUT2D eigenvalue weighted by Crippen LogP contribution is 2.32. The molecule has 14 heteroatoms. The van der Waals surface area contributed by atoms with Gasteiger partial charge in [0.1, 0.15) is 6.54 Å². The maximum atomic E-state index is 13.8. The van der Waals surface area contributed by atoms with Crippen molar-refractivity contribution in [1.29, 1.82) is 0 Å². The lowest BCUT2D eigenvalue weighted by Crippen LogP contribution is -3.15. The summed E-state index contributed by atoms with van der Waals surface area (Å²) >= 11 is 5.99. The van der Waals surface area contributed by atoms with Crippen molar-refractivity contribution in [1.82, 2.24) is 9.80 Å². The predicted octanol–water partition coefficient (Wildman–Crippen LogP) is 3.38. The number of halogens is 4. The maximum Gasteiger partial charge on any atom is 0.491 e. The molecular formula is C33H33ClF3N4O6+. The molecule has 248 valence electrons. The monoisotopic (exact) mass is 673 g/mol. The van der Waals surface area contributed by atoms with Crippen molar-refractivity contribution in [3.8, 4) is 0 Å². The van der Waals surface area contributed by atoms with Crippen LogP contribution >= 0.6 is 11.6 Å². The zero-order valence-corrected chi connectivity index (χ0v) is 26.7. The molecule has 47 heavy (non-hydrogen) atoms. The third-order valence-electron chi connectivity index (χ3n) is 8.35. The minimum atomic E-state index is -5.18. The number of fused-ring (bicyclic) bond motifs is 1. The van der Waals surface area contributed by atoms with Gasteiger partial charge in [0.05, 0.1) is 44.4 Å². The highest BCUT2D eigenvalue weighted by Gasteiger charge is 2.57. The zero-order chi connectivity index (χ0) is 34.1. The summed E-state index contributed by atoms with van der Waals surface area (Å²) in [5.74, 6) is -5.39. The molecule has 5 rings (SSSR count). The minimum absolute atomic E-state index is 0.00917. The van der Waals surface area contributed by atoms with Crippen LogP contribution in [0.4, 0.5) is 18.9 Å². The molecule has 3 aromatic rings. The average Bonchev–Trinajstić information content (AvgIpc) is 3.24. The zero-order valence-electron chi connectivity index (χ0n) is 25.9. The third kappa shape index (κ3) is 6.83. The van der Waals surface area contributed by atoms with Gasteiger partial charge in [-0.2, -0.15) is 13.2 Å².